The molecule has 0 bridgehead atoms. The van der Waals surface area contributed by atoms with Gasteiger partial charge in [-0.3, -0.25) is 0 Å². The molecule has 1 aromatic carbocycles. The van der Waals surface area contributed by atoms with Crippen LogP contribution in [0.3, 0.4) is 0 Å². The van der Waals surface area contributed by atoms with Crippen LogP contribution in [-0.4, -0.2) is 5.16 Å². The van der Waals surface area contributed by atoms with Crippen LogP contribution in [0.4, 0.5) is 0 Å². The fourth-order valence-corrected chi connectivity index (χ4v) is 1.53. The molecule has 2 rings (SSSR count). The van der Waals surface area contributed by atoms with Crippen molar-refractivity contribution >= 4 is 0 Å². The Morgan fingerprint density at radius 2 is 2.12 bits per heavy atom. The highest BCUT2D eigenvalue weighted by atomic mass is 16.5. The lowest BCUT2D eigenvalue weighted by Crippen LogP contribution is -1.83. The van der Waals surface area contributed by atoms with E-state index in [9.17, 15) is 0 Å². The molecular weight excluding hydrogens is 216 g/mol. The number of hydrogen-bond donors (Lipinski definition) is 0. The maximum absolute atomic E-state index is 8.21. The van der Waals surface area contributed by atoms with Gasteiger partial charge in [0.1, 0.15) is 11.5 Å². The van der Waals surface area contributed by atoms with E-state index >= 15 is 0 Å². The maximum atomic E-state index is 8.21. The molecule has 0 saturated heterocycles. The molecule has 0 unspecified atom stereocenters. The average molecular weight is 228 g/mol. The van der Waals surface area contributed by atoms with Crippen LogP contribution in [-0.2, 0) is 6.54 Å². The van der Waals surface area contributed by atoms with Gasteiger partial charge < -0.3 is 4.52 Å². The lowest BCUT2D eigenvalue weighted by molar-refractivity contribution is 0.387. The molecule has 5 nitrogen and oxygen atoms in total. The summed E-state index contributed by atoms with van der Waals surface area (Å²) in [4.78, 5) is 2.68. The van der Waals surface area contributed by atoms with Crippen molar-refractivity contribution in [2.24, 2.45) is 5.11 Å². The van der Waals surface area contributed by atoms with Gasteiger partial charge >= 0.3 is 0 Å². The summed E-state index contributed by atoms with van der Waals surface area (Å²) in [6, 6.07) is 7.90. The van der Waals surface area contributed by atoms with Crippen LogP contribution in [0.1, 0.15) is 16.9 Å². The van der Waals surface area contributed by atoms with E-state index in [1.807, 2.05) is 12.1 Å². The van der Waals surface area contributed by atoms with Crippen molar-refractivity contribution in [2.75, 3.05) is 0 Å². The van der Waals surface area contributed by atoms with Crippen molar-refractivity contribution in [3.8, 4) is 11.3 Å². The van der Waals surface area contributed by atoms with E-state index in [1.165, 1.54) is 11.1 Å². The first-order chi connectivity index (χ1) is 8.20. The topological polar surface area (TPSA) is 74.8 Å². The van der Waals surface area contributed by atoms with Crippen LogP contribution >= 0.6 is 0 Å². The average Bonchev–Trinajstić information content (AvgIpc) is 2.79. The van der Waals surface area contributed by atoms with Gasteiger partial charge in [-0.05, 0) is 36.6 Å². The SMILES string of the molecule is Cc1ccc(-c2cc(CN=[N+]=[N-])on2)cc1C. The summed E-state index contributed by atoms with van der Waals surface area (Å²) < 4.78 is 5.08. The molecule has 17 heavy (non-hydrogen) atoms. The quantitative estimate of drug-likeness (QED) is 0.455. The van der Waals surface area contributed by atoms with Crippen LogP contribution in [0, 0.1) is 13.8 Å². The summed E-state index contributed by atoms with van der Waals surface area (Å²) >= 11 is 0. The van der Waals surface area contributed by atoms with Gasteiger partial charge in [0.25, 0.3) is 0 Å². The van der Waals surface area contributed by atoms with Crippen molar-refractivity contribution < 1.29 is 4.52 Å². The minimum Gasteiger partial charge on any atom is -0.361 e. The number of aromatic nitrogens is 1. The molecule has 0 saturated carbocycles. The Hall–Kier alpha value is -2.26. The highest BCUT2D eigenvalue weighted by Crippen LogP contribution is 2.22. The first-order valence-electron chi connectivity index (χ1n) is 5.25. The molecule has 0 aliphatic heterocycles. The minimum atomic E-state index is 0.189. The van der Waals surface area contributed by atoms with Crippen LogP contribution < -0.4 is 0 Å². The molecule has 0 amide bonds. The third-order valence-corrected chi connectivity index (χ3v) is 2.65. The van der Waals surface area contributed by atoms with Crippen LogP contribution in [0.15, 0.2) is 33.9 Å². The van der Waals surface area contributed by atoms with Gasteiger partial charge in [-0.2, -0.15) is 0 Å². The highest BCUT2D eigenvalue weighted by Gasteiger charge is 2.06. The summed E-state index contributed by atoms with van der Waals surface area (Å²) in [5.74, 6) is 0.566. The van der Waals surface area contributed by atoms with Crippen LogP contribution in [0.25, 0.3) is 21.7 Å². The second kappa shape index (κ2) is 4.72. The Morgan fingerprint density at radius 3 is 2.82 bits per heavy atom. The fraction of sp³-hybridized carbons (Fsp3) is 0.250. The smallest absolute Gasteiger partial charge is 0.143 e. The fourth-order valence-electron chi connectivity index (χ4n) is 1.53. The Kier molecular flexibility index (Phi) is 3.12. The number of rotatable bonds is 3. The second-order valence-corrected chi connectivity index (χ2v) is 3.87. The molecular formula is C12H12N4O. The first kappa shape index (κ1) is 11.2. The first-order valence-corrected chi connectivity index (χ1v) is 5.25. The van der Waals surface area contributed by atoms with Gasteiger partial charge in [0, 0.05) is 16.5 Å². The number of nitrogens with zero attached hydrogens (tertiary/aromatic N) is 4. The molecule has 0 aliphatic rings. The van der Waals surface area contributed by atoms with Gasteiger partial charge in [0.15, 0.2) is 0 Å². The Morgan fingerprint density at radius 1 is 1.29 bits per heavy atom. The predicted octanol–water partition coefficient (Wildman–Crippen LogP) is 3.77. The van der Waals surface area contributed by atoms with E-state index in [-0.39, 0.29) is 6.54 Å². The Bertz CT molecular complexity index is 582. The molecule has 0 N–H and O–H groups in total. The standard InChI is InChI=1S/C12H12N4O/c1-8-3-4-10(5-9(8)2)12-6-11(17-15-12)7-14-16-13/h3-6H,7H2,1-2H3. The number of benzene rings is 1. The lowest BCUT2D eigenvalue weighted by Gasteiger charge is -2.01. The molecule has 86 valence electrons. The van der Waals surface area contributed by atoms with Crippen molar-refractivity contribution in [1.29, 1.82) is 0 Å². The molecule has 0 spiro atoms. The third-order valence-electron chi connectivity index (χ3n) is 2.65. The van der Waals surface area contributed by atoms with Crippen molar-refractivity contribution in [3.05, 3.63) is 51.6 Å². The normalized spacial score (nSPS) is 10.0. The molecule has 2 aromatic rings. The van der Waals surface area contributed by atoms with Gasteiger partial charge in [-0.1, -0.05) is 22.4 Å². The maximum Gasteiger partial charge on any atom is 0.143 e. The number of aryl methyl sites for hydroxylation is 2. The van der Waals surface area contributed by atoms with E-state index in [0.29, 0.717) is 5.76 Å². The Labute approximate surface area is 98.7 Å². The molecule has 1 heterocycles. The van der Waals surface area contributed by atoms with E-state index in [2.05, 4.69) is 35.1 Å². The Balaban J connectivity index is 2.30. The summed E-state index contributed by atoms with van der Waals surface area (Å²) in [5.41, 5.74) is 12.4. The summed E-state index contributed by atoms with van der Waals surface area (Å²) in [5, 5.41) is 7.38. The monoisotopic (exact) mass is 228 g/mol. The molecule has 5 heteroatoms. The van der Waals surface area contributed by atoms with Crippen molar-refractivity contribution in [2.45, 2.75) is 20.4 Å². The summed E-state index contributed by atoms with van der Waals surface area (Å²) in [6.07, 6.45) is 0. The molecule has 0 fully saturated rings. The summed E-state index contributed by atoms with van der Waals surface area (Å²) in [6.45, 7) is 4.31. The largest absolute Gasteiger partial charge is 0.361 e. The van der Waals surface area contributed by atoms with Gasteiger partial charge in [-0.15, -0.1) is 0 Å². The van der Waals surface area contributed by atoms with E-state index < -0.39 is 0 Å². The van der Waals surface area contributed by atoms with Crippen molar-refractivity contribution in [3.63, 3.8) is 0 Å². The van der Waals surface area contributed by atoms with E-state index in [1.54, 1.807) is 6.07 Å². The highest BCUT2D eigenvalue weighted by molar-refractivity contribution is 5.60. The minimum absolute atomic E-state index is 0.189. The van der Waals surface area contributed by atoms with Gasteiger partial charge in [0.05, 0.1) is 6.54 Å². The lowest BCUT2D eigenvalue weighted by atomic mass is 10.0. The van der Waals surface area contributed by atoms with Crippen LogP contribution in [0.5, 0.6) is 0 Å². The van der Waals surface area contributed by atoms with Crippen molar-refractivity contribution in [1.82, 2.24) is 5.16 Å². The number of hydrogen-bond acceptors (Lipinski definition) is 3. The summed E-state index contributed by atoms with van der Waals surface area (Å²) in [7, 11) is 0. The van der Waals surface area contributed by atoms with Gasteiger partial charge in [-0.25, -0.2) is 0 Å². The van der Waals surface area contributed by atoms with E-state index in [4.69, 9.17) is 10.1 Å². The molecule has 0 atom stereocenters. The van der Waals surface area contributed by atoms with Gasteiger partial charge in [0.2, 0.25) is 0 Å². The zero-order valence-electron chi connectivity index (χ0n) is 9.71. The van der Waals surface area contributed by atoms with E-state index in [0.717, 1.165) is 11.3 Å². The molecule has 0 aliphatic carbocycles. The zero-order valence-corrected chi connectivity index (χ0v) is 9.71. The second-order valence-electron chi connectivity index (χ2n) is 3.87. The predicted molar refractivity (Wildman–Crippen MR) is 64.3 cm³/mol. The number of azide groups is 1. The van der Waals surface area contributed by atoms with Crippen LogP contribution in [0.2, 0.25) is 0 Å². The molecule has 0 radical (unpaired) electrons. The molecule has 1 aromatic heterocycles. The zero-order chi connectivity index (χ0) is 12.3. The third kappa shape index (κ3) is 2.46.